The minimum atomic E-state index is -0.803. The number of hydrogen-bond acceptors (Lipinski definition) is 6. The van der Waals surface area contributed by atoms with Gasteiger partial charge in [-0.3, -0.25) is 9.36 Å². The van der Waals surface area contributed by atoms with Crippen molar-refractivity contribution in [1.29, 1.82) is 0 Å². The normalized spacial score (nSPS) is 11.8. The maximum atomic E-state index is 12.5. The fraction of sp³-hybridized carbons (Fsp3) is 0.250. The molecule has 3 rings (SSSR count). The van der Waals surface area contributed by atoms with Crippen molar-refractivity contribution in [1.82, 2.24) is 9.55 Å². The first-order chi connectivity index (χ1) is 13.0. The van der Waals surface area contributed by atoms with Crippen LogP contribution in [0.4, 0.5) is 0 Å². The van der Waals surface area contributed by atoms with E-state index in [-0.39, 0.29) is 12.4 Å². The third kappa shape index (κ3) is 4.25. The Morgan fingerprint density at radius 1 is 1.22 bits per heavy atom. The molecule has 0 saturated carbocycles. The molecule has 1 aromatic carbocycles. The van der Waals surface area contributed by atoms with Crippen LogP contribution in [0.5, 0.6) is 5.75 Å². The van der Waals surface area contributed by atoms with Crippen LogP contribution in [0.3, 0.4) is 0 Å². The van der Waals surface area contributed by atoms with E-state index in [1.54, 1.807) is 31.3 Å². The quantitative estimate of drug-likeness (QED) is 0.458. The third-order valence-electron chi connectivity index (χ3n) is 4.08. The summed E-state index contributed by atoms with van der Waals surface area (Å²) in [4.78, 5) is 28.9. The van der Waals surface area contributed by atoms with Crippen molar-refractivity contribution in [2.45, 2.75) is 26.9 Å². The van der Waals surface area contributed by atoms with Crippen LogP contribution < -0.4 is 4.74 Å². The molecule has 140 valence electrons. The van der Waals surface area contributed by atoms with Gasteiger partial charge < -0.3 is 9.47 Å². The number of ketones is 1. The second-order valence-corrected chi connectivity index (χ2v) is 6.91. The molecule has 0 radical (unpaired) electrons. The Balaban J connectivity index is 1.63. The van der Waals surface area contributed by atoms with E-state index in [0.717, 1.165) is 16.5 Å². The van der Waals surface area contributed by atoms with Crippen molar-refractivity contribution in [3.05, 3.63) is 64.9 Å². The number of rotatable bonds is 7. The number of carbonyl (C=O) groups is 2. The molecule has 0 unspecified atom stereocenters. The molecule has 0 N–H and O–H groups in total. The first-order valence-electron chi connectivity index (χ1n) is 8.47. The fourth-order valence-electron chi connectivity index (χ4n) is 2.75. The Labute approximate surface area is 161 Å². The number of nitrogens with zero attached hydrogens (tertiary/aromatic N) is 2. The SMILES string of the molecule is Cc1cc(C(=O)COC(=O)[C@H](C)Oc2ccccc2)c(C)n1-c1nccs1. The van der Waals surface area contributed by atoms with Gasteiger partial charge in [0.05, 0.1) is 0 Å². The van der Waals surface area contributed by atoms with Gasteiger partial charge in [-0.1, -0.05) is 18.2 Å². The van der Waals surface area contributed by atoms with Crippen molar-refractivity contribution in [2.24, 2.45) is 0 Å². The smallest absolute Gasteiger partial charge is 0.347 e. The fourth-order valence-corrected chi connectivity index (χ4v) is 3.50. The van der Waals surface area contributed by atoms with Gasteiger partial charge in [-0.2, -0.15) is 0 Å². The standard InChI is InChI=1S/C20H20N2O4S/c1-13-11-17(14(2)22(13)20-21-9-10-27-20)18(23)12-25-19(24)15(3)26-16-7-5-4-6-8-16/h4-11,15H,12H2,1-3H3/t15-/m0/s1. The number of esters is 1. The predicted molar refractivity (Wildman–Crippen MR) is 103 cm³/mol. The van der Waals surface area contributed by atoms with Crippen LogP contribution in [0, 0.1) is 13.8 Å². The van der Waals surface area contributed by atoms with E-state index in [1.165, 1.54) is 11.3 Å². The number of para-hydroxylation sites is 1. The van der Waals surface area contributed by atoms with Crippen molar-refractivity contribution in [3.8, 4) is 10.9 Å². The molecule has 27 heavy (non-hydrogen) atoms. The Morgan fingerprint density at radius 2 is 1.96 bits per heavy atom. The first-order valence-corrected chi connectivity index (χ1v) is 9.35. The van der Waals surface area contributed by atoms with Gasteiger partial charge in [0, 0.05) is 28.5 Å². The summed E-state index contributed by atoms with van der Waals surface area (Å²) in [6.07, 6.45) is 0.916. The topological polar surface area (TPSA) is 70.4 Å². The van der Waals surface area contributed by atoms with Crippen molar-refractivity contribution in [2.75, 3.05) is 6.61 Å². The van der Waals surface area contributed by atoms with E-state index in [1.807, 2.05) is 42.0 Å². The number of aryl methyl sites for hydroxylation is 1. The Kier molecular flexibility index (Phi) is 5.71. The van der Waals surface area contributed by atoms with Crippen LogP contribution in [-0.4, -0.2) is 34.0 Å². The van der Waals surface area contributed by atoms with Crippen molar-refractivity contribution in [3.63, 3.8) is 0 Å². The highest BCUT2D eigenvalue weighted by Crippen LogP contribution is 2.22. The number of aromatic nitrogens is 2. The summed E-state index contributed by atoms with van der Waals surface area (Å²) in [5.74, 6) is -0.271. The molecule has 0 bridgehead atoms. The summed E-state index contributed by atoms with van der Waals surface area (Å²) in [5.41, 5.74) is 2.20. The molecule has 1 atom stereocenters. The molecule has 0 aliphatic rings. The van der Waals surface area contributed by atoms with E-state index in [0.29, 0.717) is 11.3 Å². The Morgan fingerprint density at radius 3 is 2.63 bits per heavy atom. The molecule has 0 spiro atoms. The Hall–Kier alpha value is -2.93. The number of hydrogen-bond donors (Lipinski definition) is 0. The minimum Gasteiger partial charge on any atom is -0.479 e. The van der Waals surface area contributed by atoms with E-state index >= 15 is 0 Å². The van der Waals surface area contributed by atoms with Gasteiger partial charge in [-0.15, -0.1) is 11.3 Å². The summed E-state index contributed by atoms with van der Waals surface area (Å²) >= 11 is 1.49. The molecule has 3 aromatic rings. The molecule has 0 aliphatic carbocycles. The van der Waals surface area contributed by atoms with Gasteiger partial charge in [-0.05, 0) is 39.0 Å². The number of carbonyl (C=O) groups excluding carboxylic acids is 2. The molecule has 0 saturated heterocycles. The lowest BCUT2D eigenvalue weighted by Gasteiger charge is -2.13. The molecular formula is C20H20N2O4S. The van der Waals surface area contributed by atoms with E-state index < -0.39 is 12.1 Å². The largest absolute Gasteiger partial charge is 0.479 e. The highest BCUT2D eigenvalue weighted by Gasteiger charge is 2.21. The number of ether oxygens (including phenoxy) is 2. The molecular weight excluding hydrogens is 364 g/mol. The summed E-state index contributed by atoms with van der Waals surface area (Å²) < 4.78 is 12.6. The summed E-state index contributed by atoms with van der Waals surface area (Å²) in [6, 6.07) is 10.8. The highest BCUT2D eigenvalue weighted by molar-refractivity contribution is 7.12. The Bertz CT molecular complexity index is 933. The lowest BCUT2D eigenvalue weighted by Crippen LogP contribution is -2.28. The molecule has 0 fully saturated rings. The van der Waals surface area contributed by atoms with E-state index in [9.17, 15) is 9.59 Å². The lowest BCUT2D eigenvalue weighted by molar-refractivity contribution is -0.149. The lowest BCUT2D eigenvalue weighted by atomic mass is 10.1. The van der Waals surface area contributed by atoms with Gasteiger partial charge >= 0.3 is 5.97 Å². The summed E-state index contributed by atoms with van der Waals surface area (Å²) in [7, 11) is 0. The summed E-state index contributed by atoms with van der Waals surface area (Å²) in [6.45, 7) is 5.02. The van der Waals surface area contributed by atoms with Crippen LogP contribution in [0.2, 0.25) is 0 Å². The van der Waals surface area contributed by atoms with Crippen LogP contribution in [0.15, 0.2) is 48.0 Å². The second-order valence-electron chi connectivity index (χ2n) is 6.04. The van der Waals surface area contributed by atoms with Crippen LogP contribution >= 0.6 is 11.3 Å². The van der Waals surface area contributed by atoms with Gasteiger partial charge in [0.15, 0.2) is 17.8 Å². The van der Waals surface area contributed by atoms with Gasteiger partial charge in [0.25, 0.3) is 0 Å². The van der Waals surface area contributed by atoms with E-state index in [2.05, 4.69) is 4.98 Å². The third-order valence-corrected chi connectivity index (χ3v) is 4.83. The maximum Gasteiger partial charge on any atom is 0.347 e. The zero-order valence-electron chi connectivity index (χ0n) is 15.3. The molecule has 7 heteroatoms. The van der Waals surface area contributed by atoms with Crippen LogP contribution in [0.25, 0.3) is 5.13 Å². The van der Waals surface area contributed by atoms with Gasteiger partial charge in [0.2, 0.25) is 5.78 Å². The molecule has 2 heterocycles. The number of thiazole rings is 1. The summed E-state index contributed by atoms with van der Waals surface area (Å²) in [5, 5.41) is 2.68. The molecule has 0 amide bonds. The zero-order valence-corrected chi connectivity index (χ0v) is 16.2. The first kappa shape index (κ1) is 18.8. The minimum absolute atomic E-state index is 0.258. The zero-order chi connectivity index (χ0) is 19.4. The highest BCUT2D eigenvalue weighted by atomic mass is 32.1. The predicted octanol–water partition coefficient (Wildman–Crippen LogP) is 3.74. The number of benzene rings is 1. The average Bonchev–Trinajstić information content (AvgIpc) is 3.28. The molecule has 2 aromatic heterocycles. The van der Waals surface area contributed by atoms with Gasteiger partial charge in [-0.25, -0.2) is 9.78 Å². The average molecular weight is 384 g/mol. The maximum absolute atomic E-state index is 12.5. The van der Waals surface area contributed by atoms with Crippen LogP contribution in [-0.2, 0) is 9.53 Å². The van der Waals surface area contributed by atoms with Gasteiger partial charge in [0.1, 0.15) is 5.75 Å². The van der Waals surface area contributed by atoms with E-state index in [4.69, 9.17) is 9.47 Å². The monoisotopic (exact) mass is 384 g/mol. The number of Topliss-reactive ketones (excluding diaryl/α,β-unsaturated/α-hetero) is 1. The van der Waals surface area contributed by atoms with Crippen molar-refractivity contribution < 1.29 is 19.1 Å². The molecule has 0 aliphatic heterocycles. The van der Waals surface area contributed by atoms with Crippen LogP contribution in [0.1, 0.15) is 28.7 Å². The second kappa shape index (κ2) is 8.18. The molecule has 6 nitrogen and oxygen atoms in total. The van der Waals surface area contributed by atoms with Crippen molar-refractivity contribution >= 4 is 23.1 Å².